The van der Waals surface area contributed by atoms with Gasteiger partial charge in [-0.3, -0.25) is 9.55 Å². The van der Waals surface area contributed by atoms with Gasteiger partial charge >= 0.3 is 0 Å². The predicted molar refractivity (Wildman–Crippen MR) is 352 cm³/mol. The average molecular weight is 1080 g/mol. The Kier molecular flexibility index (Phi) is 9.16. The predicted octanol–water partition coefficient (Wildman–Crippen LogP) is 18.9. The number of pyridine rings is 2. The Balaban J connectivity index is 0.835. The minimum atomic E-state index is -2.35. The summed E-state index contributed by atoms with van der Waals surface area (Å²) >= 11 is 0. The molecule has 5 nitrogen and oxygen atoms in total. The first-order valence-corrected chi connectivity index (χ1v) is 32.0. The average Bonchev–Trinajstić information content (AvgIpc) is 2.15. The number of hydrogen-bond donors (Lipinski definition) is 0. The van der Waals surface area contributed by atoms with Crippen LogP contribution in [0.2, 0.25) is 13.1 Å². The zero-order valence-corrected chi connectivity index (χ0v) is 46.9. The van der Waals surface area contributed by atoms with Crippen LogP contribution in [0.1, 0.15) is 0 Å². The Labute approximate surface area is 484 Å². The third-order valence-electron chi connectivity index (χ3n) is 18.8. The molecular weight excluding hydrogens is 1030 g/mol. The summed E-state index contributed by atoms with van der Waals surface area (Å²) in [6.45, 7) is 5.12. The van der Waals surface area contributed by atoms with E-state index in [1.165, 1.54) is 110 Å². The molecule has 0 unspecified atom stereocenters. The van der Waals surface area contributed by atoms with Gasteiger partial charge in [-0.25, -0.2) is 15.0 Å². The second-order valence-corrected chi connectivity index (χ2v) is 27.9. The Morgan fingerprint density at radius 1 is 0.345 bits per heavy atom. The highest BCUT2D eigenvalue weighted by Gasteiger charge is 2.41. The molecule has 0 N–H and O–H groups in total. The summed E-state index contributed by atoms with van der Waals surface area (Å²) < 4.78 is 2.36. The fraction of sp³-hybridized carbons (Fsp3) is 0.0256. The fourth-order valence-electron chi connectivity index (χ4n) is 15.1. The Morgan fingerprint density at radius 2 is 0.988 bits per heavy atom. The van der Waals surface area contributed by atoms with Crippen LogP contribution in [0.25, 0.3) is 182 Å². The van der Waals surface area contributed by atoms with Crippen molar-refractivity contribution < 1.29 is 0 Å². The molecule has 0 radical (unpaired) electrons. The van der Waals surface area contributed by atoms with Gasteiger partial charge in [0.1, 0.15) is 8.07 Å². The molecule has 2 aliphatic carbocycles. The van der Waals surface area contributed by atoms with Crippen LogP contribution in [-0.4, -0.2) is 32.6 Å². The first-order chi connectivity index (χ1) is 41.4. The maximum atomic E-state index is 5.68. The molecule has 84 heavy (non-hydrogen) atoms. The lowest BCUT2D eigenvalue weighted by Crippen LogP contribution is -2.49. The van der Waals surface area contributed by atoms with E-state index in [1.54, 1.807) is 0 Å². The second kappa shape index (κ2) is 16.7. The van der Waals surface area contributed by atoms with Crippen LogP contribution < -0.4 is 10.4 Å². The van der Waals surface area contributed by atoms with Gasteiger partial charge in [-0.15, -0.1) is 0 Å². The highest BCUT2D eigenvalue weighted by Crippen LogP contribution is 2.54. The molecule has 0 atom stereocenters. The van der Waals surface area contributed by atoms with Crippen molar-refractivity contribution >= 4 is 94.5 Å². The number of aromatic nitrogens is 5. The molecule has 0 saturated heterocycles. The Hall–Kier alpha value is -10.7. The van der Waals surface area contributed by atoms with Gasteiger partial charge < -0.3 is 0 Å². The molecule has 1 aliphatic heterocycles. The summed E-state index contributed by atoms with van der Waals surface area (Å²) in [5, 5.41) is 13.7. The van der Waals surface area contributed by atoms with Crippen molar-refractivity contribution in [3.8, 4) is 106 Å². The third kappa shape index (κ3) is 6.27. The minimum absolute atomic E-state index is 0.646. The number of nitrogens with zero attached hydrogens (tertiary/aromatic N) is 5. The van der Waals surface area contributed by atoms with E-state index in [1.807, 2.05) is 12.3 Å². The van der Waals surface area contributed by atoms with Crippen molar-refractivity contribution in [3.63, 3.8) is 0 Å². The van der Waals surface area contributed by atoms with Gasteiger partial charge in [0.15, 0.2) is 0 Å². The molecule has 3 aliphatic rings. The normalized spacial score (nSPS) is 13.2. The highest BCUT2D eigenvalue weighted by molar-refractivity contribution is 7.05. The maximum absolute atomic E-state index is 5.68. The summed E-state index contributed by atoms with van der Waals surface area (Å²) in [6.07, 6.45) is 1.87. The summed E-state index contributed by atoms with van der Waals surface area (Å²) in [7, 11) is -2.35. The van der Waals surface area contributed by atoms with E-state index in [0.29, 0.717) is 5.95 Å². The lowest BCUT2D eigenvalue weighted by atomic mass is 9.92. The van der Waals surface area contributed by atoms with Gasteiger partial charge in [0, 0.05) is 49.6 Å². The summed E-state index contributed by atoms with van der Waals surface area (Å²) in [4.78, 5) is 21.3. The molecule has 6 heteroatoms. The van der Waals surface area contributed by atoms with Gasteiger partial charge in [-0.05, 0) is 165 Å². The molecule has 0 spiro atoms. The van der Waals surface area contributed by atoms with E-state index in [0.717, 1.165) is 77.2 Å². The molecule has 388 valence electrons. The number of benzene rings is 12. The SMILES string of the molecule is C[Si]1(C)c2cc(-c3ccc4ccc5cccnc5c4n3)ccc2-c2cc3c4c(cc(-c5ccc6c(c5)c5cc7c8c(cccc8c5n6-c5nc(-c6cccc(-c8ccccc8)c6)c6ccccc6n5)-c5ccccc5-7)cc4c21)-c1ccccc1-3. The largest absolute Gasteiger partial charge is 0.277 e. The number of fused-ring (bicyclic) bond motifs is 18. The van der Waals surface area contributed by atoms with Gasteiger partial charge in [0.2, 0.25) is 5.95 Å². The Bertz CT molecular complexity index is 5660. The van der Waals surface area contributed by atoms with E-state index in [4.69, 9.17) is 19.9 Å². The van der Waals surface area contributed by atoms with Crippen LogP contribution in [-0.2, 0) is 0 Å². The van der Waals surface area contributed by atoms with Crippen LogP contribution in [0.15, 0.2) is 249 Å². The fourth-order valence-corrected chi connectivity index (χ4v) is 18.5. The highest BCUT2D eigenvalue weighted by atomic mass is 28.3. The zero-order valence-electron chi connectivity index (χ0n) is 45.9. The van der Waals surface area contributed by atoms with E-state index >= 15 is 0 Å². The molecule has 19 rings (SSSR count). The first kappa shape index (κ1) is 46.0. The monoisotopic (exact) mass is 1080 g/mol. The van der Waals surface area contributed by atoms with Crippen LogP contribution in [0, 0.1) is 0 Å². The van der Waals surface area contributed by atoms with E-state index in [9.17, 15) is 0 Å². The summed E-state index contributed by atoms with van der Waals surface area (Å²) in [6, 6.07) is 89.7. The zero-order chi connectivity index (χ0) is 55.1. The standard InChI is InChI=1S/C78H47N5Si/c1-84(2)70-41-49(67-34-31-46-29-28-45-19-14-36-79-74(45)75(46)80-67)30-33-56(70)65-43-63-55-23-9-8-22-54(55)61-39-51(40-66(72(61)63)77(65)84)48-32-35-69-60(38-48)64-42-62-53-21-7-6-20-52(53)57-25-13-26-59(71(57)62)76(64)83(69)78-81-68-27-11-10-24-58(68)73(82-78)50-18-12-17-47(37-50)44-15-4-3-5-16-44/h3-43H,1-2H3. The van der Waals surface area contributed by atoms with Crippen molar-refractivity contribution in [1.29, 1.82) is 0 Å². The van der Waals surface area contributed by atoms with Crippen molar-refractivity contribution in [1.82, 2.24) is 24.5 Å². The molecule has 0 amide bonds. The first-order valence-electron chi connectivity index (χ1n) is 29.0. The molecule has 12 aromatic carbocycles. The molecule has 16 aromatic rings. The number of para-hydroxylation sites is 1. The van der Waals surface area contributed by atoms with Crippen LogP contribution >= 0.6 is 0 Å². The van der Waals surface area contributed by atoms with E-state index in [-0.39, 0.29) is 0 Å². The molecule has 0 saturated carbocycles. The van der Waals surface area contributed by atoms with Crippen molar-refractivity contribution in [2.75, 3.05) is 0 Å². The topological polar surface area (TPSA) is 56.5 Å². The van der Waals surface area contributed by atoms with Gasteiger partial charge in [-0.2, -0.15) is 0 Å². The van der Waals surface area contributed by atoms with Crippen molar-refractivity contribution in [2.45, 2.75) is 13.1 Å². The molecule has 0 fully saturated rings. The van der Waals surface area contributed by atoms with Crippen LogP contribution in [0.3, 0.4) is 0 Å². The molecule has 0 bridgehead atoms. The molecule has 4 aromatic heterocycles. The van der Waals surface area contributed by atoms with Crippen LogP contribution in [0.5, 0.6) is 0 Å². The van der Waals surface area contributed by atoms with Crippen molar-refractivity contribution in [2.24, 2.45) is 0 Å². The maximum Gasteiger partial charge on any atom is 0.235 e. The number of hydrogen-bond acceptors (Lipinski definition) is 4. The minimum Gasteiger partial charge on any atom is -0.277 e. The molecule has 5 heterocycles. The Morgan fingerprint density at radius 3 is 1.83 bits per heavy atom. The summed E-state index contributed by atoms with van der Waals surface area (Å²) in [5.41, 5.74) is 26.7. The smallest absolute Gasteiger partial charge is 0.235 e. The van der Waals surface area contributed by atoms with E-state index < -0.39 is 8.07 Å². The van der Waals surface area contributed by atoms with E-state index in [2.05, 4.69) is 254 Å². The molecular formula is C78H47N5Si. The van der Waals surface area contributed by atoms with Gasteiger partial charge in [0.05, 0.1) is 39.0 Å². The lowest BCUT2D eigenvalue weighted by molar-refractivity contribution is 1.02. The van der Waals surface area contributed by atoms with Gasteiger partial charge in [-0.1, -0.05) is 195 Å². The third-order valence-corrected chi connectivity index (χ3v) is 22.4. The van der Waals surface area contributed by atoms with Gasteiger partial charge in [0.25, 0.3) is 0 Å². The lowest BCUT2D eigenvalue weighted by Gasteiger charge is -2.22. The van der Waals surface area contributed by atoms with Crippen molar-refractivity contribution in [3.05, 3.63) is 249 Å². The number of rotatable bonds is 5. The second-order valence-electron chi connectivity index (χ2n) is 23.6. The summed E-state index contributed by atoms with van der Waals surface area (Å²) in [5.74, 6) is 0.646. The quantitative estimate of drug-likeness (QED) is 0.127. The van der Waals surface area contributed by atoms with Crippen LogP contribution in [0.4, 0.5) is 0 Å².